The summed E-state index contributed by atoms with van der Waals surface area (Å²) in [5, 5.41) is 4.36. The fourth-order valence-corrected chi connectivity index (χ4v) is 3.62. The summed E-state index contributed by atoms with van der Waals surface area (Å²) in [6, 6.07) is 0.131. The maximum Gasteiger partial charge on any atom is 0.106 e. The van der Waals surface area contributed by atoms with E-state index < -0.39 is 0 Å². The van der Waals surface area contributed by atoms with Crippen molar-refractivity contribution in [3.63, 3.8) is 0 Å². The largest absolute Gasteiger partial charge is 0.348 e. The van der Waals surface area contributed by atoms with Crippen LogP contribution in [0.25, 0.3) is 0 Å². The Balaban J connectivity index is 1.58. The molecule has 132 valence electrons. The molecule has 0 radical (unpaired) electrons. The summed E-state index contributed by atoms with van der Waals surface area (Å²) < 4.78 is 1.85. The normalized spacial score (nSPS) is 17.8. The van der Waals surface area contributed by atoms with E-state index in [4.69, 9.17) is 0 Å². The van der Waals surface area contributed by atoms with Gasteiger partial charge in [-0.25, -0.2) is 9.97 Å². The zero-order valence-corrected chi connectivity index (χ0v) is 14.9. The SMILES string of the molecule is CCCCc1ncc(CN2CCc3[nH]cnc3[C@@H]2c2cnn(C)c2)[nH]1. The summed E-state index contributed by atoms with van der Waals surface area (Å²) in [6.45, 7) is 4.03. The molecule has 0 fully saturated rings. The van der Waals surface area contributed by atoms with E-state index in [1.54, 1.807) is 6.33 Å². The summed E-state index contributed by atoms with van der Waals surface area (Å²) in [5.74, 6) is 1.09. The lowest BCUT2D eigenvalue weighted by molar-refractivity contribution is 0.198. The molecule has 0 bridgehead atoms. The minimum Gasteiger partial charge on any atom is -0.348 e. The van der Waals surface area contributed by atoms with Crippen LogP contribution in [0.4, 0.5) is 0 Å². The van der Waals surface area contributed by atoms with Crippen LogP contribution in [0, 0.1) is 0 Å². The number of H-pyrrole nitrogens is 2. The maximum absolute atomic E-state index is 4.60. The molecule has 0 amide bonds. The maximum atomic E-state index is 4.60. The topological polar surface area (TPSA) is 78.4 Å². The third-order valence-electron chi connectivity index (χ3n) is 4.89. The van der Waals surface area contributed by atoms with Crippen molar-refractivity contribution in [2.45, 2.75) is 45.2 Å². The number of aromatic nitrogens is 6. The van der Waals surface area contributed by atoms with E-state index in [-0.39, 0.29) is 6.04 Å². The van der Waals surface area contributed by atoms with Gasteiger partial charge in [-0.15, -0.1) is 0 Å². The van der Waals surface area contributed by atoms with Gasteiger partial charge in [0.1, 0.15) is 5.82 Å². The van der Waals surface area contributed by atoms with E-state index in [0.717, 1.165) is 37.4 Å². The van der Waals surface area contributed by atoms with Crippen LogP contribution in [-0.2, 0) is 26.4 Å². The van der Waals surface area contributed by atoms with Crippen LogP contribution in [0.2, 0.25) is 0 Å². The molecule has 3 aromatic rings. The Morgan fingerprint density at radius 3 is 3.00 bits per heavy atom. The number of nitrogens with one attached hydrogen (secondary N) is 2. The van der Waals surface area contributed by atoms with E-state index in [2.05, 4.69) is 43.1 Å². The van der Waals surface area contributed by atoms with Crippen molar-refractivity contribution in [1.82, 2.24) is 34.6 Å². The molecule has 1 aliphatic heterocycles. The highest BCUT2D eigenvalue weighted by atomic mass is 15.3. The summed E-state index contributed by atoms with van der Waals surface area (Å²) >= 11 is 0. The fraction of sp³-hybridized carbons (Fsp3) is 0.500. The smallest absolute Gasteiger partial charge is 0.106 e. The minimum atomic E-state index is 0.131. The molecule has 2 N–H and O–H groups in total. The first kappa shape index (κ1) is 16.1. The van der Waals surface area contributed by atoms with Crippen molar-refractivity contribution < 1.29 is 0 Å². The predicted molar refractivity (Wildman–Crippen MR) is 95.0 cm³/mol. The summed E-state index contributed by atoms with van der Waals surface area (Å²) in [4.78, 5) is 18.4. The van der Waals surface area contributed by atoms with E-state index in [1.807, 2.05) is 24.1 Å². The molecule has 0 saturated carbocycles. The second-order valence-corrected chi connectivity index (χ2v) is 6.80. The monoisotopic (exact) mass is 339 g/mol. The zero-order chi connectivity index (χ0) is 17.2. The van der Waals surface area contributed by atoms with Crippen LogP contribution >= 0.6 is 0 Å². The molecule has 0 aliphatic carbocycles. The number of aryl methyl sites for hydroxylation is 2. The highest BCUT2D eigenvalue weighted by Crippen LogP contribution is 2.33. The lowest BCUT2D eigenvalue weighted by Gasteiger charge is -2.34. The molecule has 3 aromatic heterocycles. The quantitative estimate of drug-likeness (QED) is 0.723. The average Bonchev–Trinajstić information content (AvgIpc) is 3.34. The minimum absolute atomic E-state index is 0.131. The van der Waals surface area contributed by atoms with Gasteiger partial charge in [0.15, 0.2) is 0 Å². The third-order valence-corrected chi connectivity index (χ3v) is 4.89. The van der Waals surface area contributed by atoms with Crippen molar-refractivity contribution in [3.05, 3.63) is 53.4 Å². The van der Waals surface area contributed by atoms with Gasteiger partial charge in [0.25, 0.3) is 0 Å². The molecule has 1 atom stereocenters. The van der Waals surface area contributed by atoms with E-state index in [0.29, 0.717) is 0 Å². The molecular formula is C18H25N7. The van der Waals surface area contributed by atoms with E-state index >= 15 is 0 Å². The van der Waals surface area contributed by atoms with Crippen LogP contribution in [-0.4, -0.2) is 41.2 Å². The van der Waals surface area contributed by atoms with Crippen molar-refractivity contribution in [2.24, 2.45) is 7.05 Å². The first-order valence-corrected chi connectivity index (χ1v) is 9.02. The van der Waals surface area contributed by atoms with Crippen LogP contribution in [0.5, 0.6) is 0 Å². The molecule has 0 spiro atoms. The van der Waals surface area contributed by atoms with E-state index in [1.165, 1.54) is 29.8 Å². The Kier molecular flexibility index (Phi) is 4.40. The van der Waals surface area contributed by atoms with Gasteiger partial charge in [0.05, 0.1) is 24.3 Å². The van der Waals surface area contributed by atoms with Gasteiger partial charge < -0.3 is 9.97 Å². The summed E-state index contributed by atoms with van der Waals surface area (Å²) in [5.41, 5.74) is 4.70. The van der Waals surface area contributed by atoms with Crippen molar-refractivity contribution in [2.75, 3.05) is 6.54 Å². The Morgan fingerprint density at radius 2 is 2.20 bits per heavy atom. The second-order valence-electron chi connectivity index (χ2n) is 6.80. The highest BCUT2D eigenvalue weighted by Gasteiger charge is 2.32. The number of aromatic amines is 2. The summed E-state index contributed by atoms with van der Waals surface area (Å²) in [6.07, 6.45) is 12.2. The molecule has 4 heterocycles. The lowest BCUT2D eigenvalue weighted by atomic mass is 9.98. The van der Waals surface area contributed by atoms with Gasteiger partial charge in [-0.2, -0.15) is 5.10 Å². The van der Waals surface area contributed by atoms with Crippen LogP contribution in [0.15, 0.2) is 24.9 Å². The average molecular weight is 339 g/mol. The van der Waals surface area contributed by atoms with Crippen molar-refractivity contribution in [1.29, 1.82) is 0 Å². The van der Waals surface area contributed by atoms with Crippen LogP contribution in [0.1, 0.15) is 54.3 Å². The first-order valence-electron chi connectivity index (χ1n) is 9.02. The van der Waals surface area contributed by atoms with Gasteiger partial charge >= 0.3 is 0 Å². The van der Waals surface area contributed by atoms with Crippen molar-refractivity contribution in [3.8, 4) is 0 Å². The molecule has 1 aliphatic rings. The number of rotatable bonds is 6. The molecule has 4 rings (SSSR count). The van der Waals surface area contributed by atoms with Gasteiger partial charge in [-0.3, -0.25) is 9.58 Å². The number of fused-ring (bicyclic) bond motifs is 1. The molecule has 0 aromatic carbocycles. The Hall–Kier alpha value is -2.41. The predicted octanol–water partition coefficient (Wildman–Crippen LogP) is 2.36. The Morgan fingerprint density at radius 1 is 1.28 bits per heavy atom. The second kappa shape index (κ2) is 6.84. The zero-order valence-electron chi connectivity index (χ0n) is 14.9. The Bertz CT molecular complexity index is 828. The van der Waals surface area contributed by atoms with Gasteiger partial charge in [0, 0.05) is 62.3 Å². The molecule has 7 nitrogen and oxygen atoms in total. The van der Waals surface area contributed by atoms with E-state index in [9.17, 15) is 0 Å². The van der Waals surface area contributed by atoms with Crippen LogP contribution < -0.4 is 0 Å². The number of hydrogen-bond donors (Lipinski definition) is 2. The number of nitrogens with zero attached hydrogens (tertiary/aromatic N) is 5. The van der Waals surface area contributed by atoms with Gasteiger partial charge in [-0.05, 0) is 6.42 Å². The molecule has 25 heavy (non-hydrogen) atoms. The first-order chi connectivity index (χ1) is 12.2. The third kappa shape index (κ3) is 3.24. The summed E-state index contributed by atoms with van der Waals surface area (Å²) in [7, 11) is 1.96. The Labute approximate surface area is 147 Å². The molecular weight excluding hydrogens is 314 g/mol. The van der Waals surface area contributed by atoms with Crippen LogP contribution in [0.3, 0.4) is 0 Å². The molecule has 7 heteroatoms. The fourth-order valence-electron chi connectivity index (χ4n) is 3.62. The lowest BCUT2D eigenvalue weighted by Crippen LogP contribution is -2.35. The number of imidazole rings is 2. The molecule has 0 unspecified atom stereocenters. The standard InChI is InChI=1S/C18H25N7/c1-3-4-5-16-19-9-14(23-16)11-25-7-6-15-17(21-12-20-15)18(25)13-8-22-24(2)10-13/h8-10,12,18H,3-7,11H2,1-2H3,(H,19,23)(H,20,21)/t18-/m0/s1. The van der Waals surface area contributed by atoms with Crippen molar-refractivity contribution >= 4 is 0 Å². The van der Waals surface area contributed by atoms with Gasteiger partial charge in [0.2, 0.25) is 0 Å². The van der Waals surface area contributed by atoms with Gasteiger partial charge in [-0.1, -0.05) is 13.3 Å². The highest BCUT2D eigenvalue weighted by molar-refractivity contribution is 5.30. The number of unbranched alkanes of at least 4 members (excludes halogenated alkanes) is 1. The molecule has 0 saturated heterocycles. The number of hydrogen-bond acceptors (Lipinski definition) is 4.